The highest BCUT2D eigenvalue weighted by Gasteiger charge is 2.46. The Balaban J connectivity index is 1.33. The lowest BCUT2D eigenvalue weighted by atomic mass is 9.83. The molecular formula is C45H62N6O10. The molecule has 1 aliphatic carbocycles. The molecule has 0 aromatic heterocycles. The van der Waals surface area contributed by atoms with Crippen molar-refractivity contribution in [3.63, 3.8) is 0 Å². The number of ether oxygens (including phenoxy) is 3. The summed E-state index contributed by atoms with van der Waals surface area (Å²) < 4.78 is 18.0. The second kappa shape index (κ2) is 23.0. The maximum absolute atomic E-state index is 14.8. The zero-order valence-electron chi connectivity index (χ0n) is 35.8. The van der Waals surface area contributed by atoms with E-state index < -0.39 is 72.5 Å². The molecule has 4 N–H and O–H groups in total. The van der Waals surface area contributed by atoms with Crippen LogP contribution in [0.5, 0.6) is 5.75 Å². The molecule has 2 aromatic rings. The summed E-state index contributed by atoms with van der Waals surface area (Å²) in [6.45, 7) is 1.72. The van der Waals surface area contributed by atoms with Gasteiger partial charge in [0.05, 0.1) is 31.7 Å². The van der Waals surface area contributed by atoms with Gasteiger partial charge in [-0.3, -0.25) is 33.6 Å². The highest BCUT2D eigenvalue weighted by Crippen LogP contribution is 2.31. The van der Waals surface area contributed by atoms with Crippen molar-refractivity contribution in [2.24, 2.45) is 5.92 Å². The number of ketones is 1. The summed E-state index contributed by atoms with van der Waals surface area (Å²) in [7, 11) is 4.65. The van der Waals surface area contributed by atoms with Crippen LogP contribution in [0.1, 0.15) is 94.7 Å². The number of benzene rings is 2. The summed E-state index contributed by atoms with van der Waals surface area (Å²) in [5.41, 5.74) is 1.27. The lowest BCUT2D eigenvalue weighted by Gasteiger charge is -2.35. The quantitative estimate of drug-likeness (QED) is 0.205. The van der Waals surface area contributed by atoms with Gasteiger partial charge in [0.15, 0.2) is 6.29 Å². The fourth-order valence-electron chi connectivity index (χ4n) is 8.22. The molecule has 1 saturated carbocycles. The molecule has 16 heteroatoms. The SMILES string of the molecule is CCCCC(NC(=O)[C@@H]1C[C@@H]2CN1C(=O)[C@@H](C1CCCCC1)NC(=O)Cc1cccc(c1)OCCCC(OC)O2)C(=O)C(=O)NCC(=O)N[C@H](C(=O)N(C)C)c1ccccc1. The van der Waals surface area contributed by atoms with Gasteiger partial charge in [-0.1, -0.05) is 81.5 Å². The summed E-state index contributed by atoms with van der Waals surface area (Å²) in [6, 6.07) is 11.7. The maximum Gasteiger partial charge on any atom is 0.290 e. The number of nitrogens with zero attached hydrogens (tertiary/aromatic N) is 2. The number of Topliss-reactive ketones (excluding diaryl/α,β-unsaturated/α-hetero) is 1. The van der Waals surface area contributed by atoms with Crippen molar-refractivity contribution in [3.05, 3.63) is 65.7 Å². The number of carbonyl (C=O) groups excluding carboxylic acids is 7. The van der Waals surface area contributed by atoms with Gasteiger partial charge in [-0.25, -0.2) is 0 Å². The number of amides is 6. The van der Waals surface area contributed by atoms with Crippen LogP contribution in [0, 0.1) is 5.92 Å². The fraction of sp³-hybridized carbons (Fsp3) is 0.578. The minimum Gasteiger partial charge on any atom is -0.494 e. The van der Waals surface area contributed by atoms with Crippen molar-refractivity contribution in [3.8, 4) is 5.75 Å². The van der Waals surface area contributed by atoms with E-state index in [2.05, 4.69) is 21.3 Å². The van der Waals surface area contributed by atoms with Crippen LogP contribution in [0.2, 0.25) is 0 Å². The number of hydrogen-bond acceptors (Lipinski definition) is 10. The molecule has 2 aromatic carbocycles. The molecule has 3 aliphatic rings. The fourth-order valence-corrected chi connectivity index (χ4v) is 8.22. The van der Waals surface area contributed by atoms with Gasteiger partial charge in [0.2, 0.25) is 35.3 Å². The van der Waals surface area contributed by atoms with E-state index in [0.29, 0.717) is 43.6 Å². The number of hydrogen-bond donors (Lipinski definition) is 4. The van der Waals surface area contributed by atoms with Crippen LogP contribution in [0.4, 0.5) is 0 Å². The molecule has 332 valence electrons. The summed E-state index contributed by atoms with van der Waals surface area (Å²) >= 11 is 0. The van der Waals surface area contributed by atoms with E-state index in [9.17, 15) is 33.6 Å². The van der Waals surface area contributed by atoms with Crippen molar-refractivity contribution >= 4 is 41.2 Å². The van der Waals surface area contributed by atoms with E-state index in [0.717, 1.165) is 37.7 Å². The third kappa shape index (κ3) is 13.3. The standard InChI is InChI=1S/C45H62N6O10/c1-5-6-21-34(41(54)43(56)46-27-37(53)49-39(44(57)50(2)3)30-16-9-7-10-17-30)47-42(55)35-26-33-28-51(35)45(58)40(31-18-11-8-12-19-31)48-36(52)25-29-15-13-20-32(24-29)60-23-14-22-38(59-4)61-33/h7,9-10,13,15-17,20,24,31,33-35,38-40H,5-6,8,11-12,14,18-19,21-23,25-28H2,1-4H3,(H,46,56)(H,47,55)(H,48,52)(H,49,53)/t33-,34?,35+,38?,39+,40-/m1/s1. The molecule has 61 heavy (non-hydrogen) atoms. The Bertz CT molecular complexity index is 1840. The lowest BCUT2D eigenvalue weighted by molar-refractivity contribution is -0.158. The van der Waals surface area contributed by atoms with E-state index in [1.807, 2.05) is 31.2 Å². The van der Waals surface area contributed by atoms with Gasteiger partial charge in [-0.15, -0.1) is 0 Å². The molecule has 6 amide bonds. The van der Waals surface area contributed by atoms with Crippen LogP contribution in [-0.4, -0.2) is 122 Å². The second-order valence-electron chi connectivity index (χ2n) is 16.3. The molecule has 4 bridgehead atoms. The molecule has 2 aliphatic heterocycles. The van der Waals surface area contributed by atoms with E-state index in [-0.39, 0.29) is 43.5 Å². The predicted molar refractivity (Wildman–Crippen MR) is 225 cm³/mol. The third-order valence-electron chi connectivity index (χ3n) is 11.5. The number of rotatable bonds is 14. The molecule has 2 unspecified atom stereocenters. The zero-order valence-corrected chi connectivity index (χ0v) is 35.8. The average Bonchev–Trinajstić information content (AvgIpc) is 3.70. The Morgan fingerprint density at radius 3 is 2.41 bits per heavy atom. The first-order valence-corrected chi connectivity index (χ1v) is 21.6. The first kappa shape index (κ1) is 46.7. The van der Waals surface area contributed by atoms with Crippen LogP contribution in [0.25, 0.3) is 0 Å². The average molecular weight is 847 g/mol. The van der Waals surface area contributed by atoms with Gasteiger partial charge in [-0.2, -0.15) is 0 Å². The Hall–Kier alpha value is -5.35. The highest BCUT2D eigenvalue weighted by molar-refractivity contribution is 6.38. The van der Waals surface area contributed by atoms with Crippen molar-refractivity contribution in [1.82, 2.24) is 31.1 Å². The van der Waals surface area contributed by atoms with Crippen LogP contribution >= 0.6 is 0 Å². The molecule has 6 atom stereocenters. The lowest BCUT2D eigenvalue weighted by Crippen LogP contribution is -2.58. The molecule has 2 fully saturated rings. The van der Waals surface area contributed by atoms with Crippen molar-refractivity contribution < 1.29 is 47.8 Å². The summed E-state index contributed by atoms with van der Waals surface area (Å²) in [5, 5.41) is 10.8. The van der Waals surface area contributed by atoms with Gasteiger partial charge < -0.3 is 45.3 Å². The normalized spacial score (nSPS) is 22.4. The Labute approximate surface area is 358 Å². The van der Waals surface area contributed by atoms with E-state index in [1.165, 1.54) is 16.9 Å². The smallest absolute Gasteiger partial charge is 0.290 e. The number of methoxy groups -OCH3 is 1. The first-order valence-electron chi connectivity index (χ1n) is 21.6. The van der Waals surface area contributed by atoms with Crippen molar-refractivity contribution in [2.75, 3.05) is 40.9 Å². The van der Waals surface area contributed by atoms with Gasteiger partial charge in [0, 0.05) is 40.6 Å². The van der Waals surface area contributed by atoms with E-state index >= 15 is 0 Å². The van der Waals surface area contributed by atoms with Crippen LogP contribution in [0.15, 0.2) is 54.6 Å². The zero-order chi connectivity index (χ0) is 43.9. The summed E-state index contributed by atoms with van der Waals surface area (Å²) in [5.74, 6) is -4.03. The number of nitrogens with one attached hydrogen (secondary N) is 4. The molecule has 2 heterocycles. The Kier molecular flexibility index (Phi) is 17.6. The summed E-state index contributed by atoms with van der Waals surface area (Å²) in [6.07, 6.45) is 5.47. The Morgan fingerprint density at radius 2 is 1.70 bits per heavy atom. The minimum absolute atomic E-state index is 0.0296. The van der Waals surface area contributed by atoms with Crippen LogP contribution in [-0.2, 0) is 49.5 Å². The largest absolute Gasteiger partial charge is 0.494 e. The van der Waals surface area contributed by atoms with Crippen molar-refractivity contribution in [1.29, 1.82) is 0 Å². The predicted octanol–water partition coefficient (Wildman–Crippen LogP) is 2.73. The first-order chi connectivity index (χ1) is 29.4. The van der Waals surface area contributed by atoms with Gasteiger partial charge in [0.25, 0.3) is 5.91 Å². The second-order valence-corrected chi connectivity index (χ2v) is 16.3. The van der Waals surface area contributed by atoms with Gasteiger partial charge in [0.1, 0.15) is 23.9 Å². The molecule has 16 nitrogen and oxygen atoms in total. The molecule has 1 saturated heterocycles. The monoisotopic (exact) mass is 846 g/mol. The topological polar surface area (TPSA) is 202 Å². The molecule has 0 radical (unpaired) electrons. The highest BCUT2D eigenvalue weighted by atomic mass is 16.7. The third-order valence-corrected chi connectivity index (χ3v) is 11.5. The number of fused-ring (bicyclic) bond motifs is 4. The van der Waals surface area contributed by atoms with Crippen LogP contribution < -0.4 is 26.0 Å². The maximum atomic E-state index is 14.8. The molecule has 0 spiro atoms. The summed E-state index contributed by atoms with van der Waals surface area (Å²) in [4.78, 5) is 98.5. The Morgan fingerprint density at radius 1 is 0.951 bits per heavy atom. The van der Waals surface area contributed by atoms with Crippen LogP contribution in [0.3, 0.4) is 0 Å². The molecular weight excluding hydrogens is 785 g/mol. The number of unbranched alkanes of at least 4 members (excludes halogenated alkanes) is 1. The minimum atomic E-state index is -1.26. The van der Waals surface area contributed by atoms with Crippen molar-refractivity contribution in [2.45, 2.75) is 121 Å². The number of likely N-dealkylation sites (N-methyl/N-ethyl adjacent to an activating group) is 1. The van der Waals surface area contributed by atoms with E-state index in [4.69, 9.17) is 14.2 Å². The van der Waals surface area contributed by atoms with Gasteiger partial charge >= 0.3 is 0 Å². The molecule has 5 rings (SSSR count). The number of carbonyl (C=O) groups is 7. The van der Waals surface area contributed by atoms with Gasteiger partial charge in [-0.05, 0) is 54.9 Å². The van der Waals surface area contributed by atoms with E-state index in [1.54, 1.807) is 44.4 Å².